The zero-order chi connectivity index (χ0) is 15.2. The van der Waals surface area contributed by atoms with E-state index in [1.807, 2.05) is 37.3 Å². The monoisotopic (exact) mass is 292 g/mol. The number of carbonyl (C=O) groups is 2. The van der Waals surface area contributed by atoms with Gasteiger partial charge in [-0.1, -0.05) is 43.7 Å². The van der Waals surface area contributed by atoms with Crippen molar-refractivity contribution in [3.05, 3.63) is 35.9 Å². The van der Waals surface area contributed by atoms with E-state index < -0.39 is 18.8 Å². The smallest absolute Gasteiger partial charge is 0.248 e. The van der Waals surface area contributed by atoms with Gasteiger partial charge >= 0.3 is 0 Å². The number of hydrogen-bond donors (Lipinski definition) is 1. The summed E-state index contributed by atoms with van der Waals surface area (Å²) in [7, 11) is 0. The number of benzene rings is 1. The summed E-state index contributed by atoms with van der Waals surface area (Å²) in [5.74, 6) is -0.295. The van der Waals surface area contributed by atoms with Gasteiger partial charge in [-0.3, -0.25) is 14.0 Å². The van der Waals surface area contributed by atoms with Crippen LogP contribution in [0.3, 0.4) is 0 Å². The molecular formula is C16H21FN2O2. The molecule has 0 bridgehead atoms. The Bertz CT molecular complexity index is 492. The Morgan fingerprint density at radius 1 is 1.24 bits per heavy atom. The van der Waals surface area contributed by atoms with Crippen LogP contribution in [0.5, 0.6) is 0 Å². The number of piperazine rings is 1. The third-order valence-electron chi connectivity index (χ3n) is 3.68. The fourth-order valence-electron chi connectivity index (χ4n) is 2.70. The molecule has 0 radical (unpaired) electrons. The van der Waals surface area contributed by atoms with Crippen LogP contribution in [0.15, 0.2) is 30.3 Å². The number of amides is 2. The van der Waals surface area contributed by atoms with Crippen molar-refractivity contribution in [2.75, 3.05) is 13.2 Å². The molecule has 0 aliphatic carbocycles. The van der Waals surface area contributed by atoms with E-state index in [-0.39, 0.29) is 24.8 Å². The second-order valence-corrected chi connectivity index (χ2v) is 5.24. The maximum Gasteiger partial charge on any atom is 0.248 e. The Hall–Kier alpha value is -1.91. The molecule has 0 saturated carbocycles. The average molecular weight is 292 g/mol. The highest BCUT2D eigenvalue weighted by atomic mass is 19.1. The van der Waals surface area contributed by atoms with E-state index in [0.717, 1.165) is 12.0 Å². The Kier molecular flexibility index (Phi) is 5.31. The van der Waals surface area contributed by atoms with Gasteiger partial charge in [-0.15, -0.1) is 0 Å². The molecular weight excluding hydrogens is 271 g/mol. The molecule has 2 atom stereocenters. The molecule has 2 rings (SSSR count). The van der Waals surface area contributed by atoms with Crippen LogP contribution in [0, 0.1) is 0 Å². The van der Waals surface area contributed by atoms with Gasteiger partial charge in [0.05, 0.1) is 6.67 Å². The van der Waals surface area contributed by atoms with E-state index in [1.165, 1.54) is 4.90 Å². The number of alkyl halides is 1. The second-order valence-electron chi connectivity index (χ2n) is 5.24. The largest absolute Gasteiger partial charge is 0.342 e. The van der Waals surface area contributed by atoms with E-state index in [9.17, 15) is 14.0 Å². The van der Waals surface area contributed by atoms with Gasteiger partial charge in [0.15, 0.2) is 0 Å². The highest BCUT2D eigenvalue weighted by Gasteiger charge is 2.40. The van der Waals surface area contributed by atoms with Gasteiger partial charge in [0.1, 0.15) is 12.1 Å². The molecule has 1 aliphatic rings. The van der Waals surface area contributed by atoms with Crippen molar-refractivity contribution in [2.45, 2.75) is 38.3 Å². The van der Waals surface area contributed by atoms with E-state index in [2.05, 4.69) is 5.32 Å². The van der Waals surface area contributed by atoms with E-state index in [0.29, 0.717) is 6.42 Å². The van der Waals surface area contributed by atoms with Crippen LogP contribution < -0.4 is 5.32 Å². The summed E-state index contributed by atoms with van der Waals surface area (Å²) in [5, 5.41) is 2.80. The number of carbonyl (C=O) groups excluding carboxylic acids is 2. The number of nitrogens with one attached hydrogen (secondary N) is 1. The zero-order valence-electron chi connectivity index (χ0n) is 12.2. The Labute approximate surface area is 124 Å². The first-order valence-electron chi connectivity index (χ1n) is 7.40. The van der Waals surface area contributed by atoms with Crippen molar-refractivity contribution in [1.82, 2.24) is 10.2 Å². The Balaban J connectivity index is 2.28. The summed E-state index contributed by atoms with van der Waals surface area (Å²) < 4.78 is 12.5. The molecule has 114 valence electrons. The molecule has 1 saturated heterocycles. The lowest BCUT2D eigenvalue weighted by molar-refractivity contribution is -0.150. The van der Waals surface area contributed by atoms with Crippen LogP contribution in [0.2, 0.25) is 0 Å². The van der Waals surface area contributed by atoms with Crippen molar-refractivity contribution in [3.63, 3.8) is 0 Å². The van der Waals surface area contributed by atoms with Crippen molar-refractivity contribution < 1.29 is 14.0 Å². The third kappa shape index (κ3) is 3.40. The molecule has 4 nitrogen and oxygen atoms in total. The molecule has 0 spiro atoms. The first-order valence-corrected chi connectivity index (χ1v) is 7.40. The fraction of sp³-hybridized carbons (Fsp3) is 0.500. The third-order valence-corrected chi connectivity index (χ3v) is 3.68. The maximum absolute atomic E-state index is 12.5. The molecule has 1 aromatic rings. The van der Waals surface area contributed by atoms with E-state index >= 15 is 0 Å². The molecule has 21 heavy (non-hydrogen) atoms. The first-order chi connectivity index (χ1) is 10.2. The fourth-order valence-corrected chi connectivity index (χ4v) is 2.70. The predicted molar refractivity (Wildman–Crippen MR) is 78.3 cm³/mol. The van der Waals surface area contributed by atoms with Crippen molar-refractivity contribution >= 4 is 11.8 Å². The molecule has 1 heterocycles. The molecule has 1 aliphatic heterocycles. The van der Waals surface area contributed by atoms with E-state index in [1.54, 1.807) is 0 Å². The van der Waals surface area contributed by atoms with Crippen LogP contribution in [-0.2, 0) is 9.59 Å². The lowest BCUT2D eigenvalue weighted by atomic mass is 9.97. The van der Waals surface area contributed by atoms with Crippen molar-refractivity contribution in [1.29, 1.82) is 0 Å². The van der Waals surface area contributed by atoms with Crippen LogP contribution in [-0.4, -0.2) is 36.0 Å². The molecule has 2 amide bonds. The lowest BCUT2D eigenvalue weighted by Gasteiger charge is -2.39. The Morgan fingerprint density at radius 3 is 2.57 bits per heavy atom. The predicted octanol–water partition coefficient (Wildman–Crippen LogP) is 2.21. The van der Waals surface area contributed by atoms with Crippen LogP contribution in [0.1, 0.15) is 37.8 Å². The Morgan fingerprint density at radius 2 is 1.95 bits per heavy atom. The summed E-state index contributed by atoms with van der Waals surface area (Å²) in [6, 6.07) is 8.02. The normalized spacial score (nSPS) is 22.3. The topological polar surface area (TPSA) is 49.4 Å². The van der Waals surface area contributed by atoms with Gasteiger partial charge in [-0.2, -0.15) is 0 Å². The van der Waals surface area contributed by atoms with E-state index in [4.69, 9.17) is 0 Å². The number of hydrogen-bond acceptors (Lipinski definition) is 2. The molecule has 2 unspecified atom stereocenters. The SMILES string of the molecule is CCCC1NC(=O)C(c2ccccc2)N(CCCF)C1=O. The number of halogens is 1. The zero-order valence-corrected chi connectivity index (χ0v) is 12.2. The van der Waals surface area contributed by atoms with Gasteiger partial charge in [0.25, 0.3) is 0 Å². The summed E-state index contributed by atoms with van der Waals surface area (Å²) in [6.07, 6.45) is 1.67. The number of nitrogens with zero attached hydrogens (tertiary/aromatic N) is 1. The van der Waals surface area contributed by atoms with Crippen molar-refractivity contribution in [3.8, 4) is 0 Å². The summed E-state index contributed by atoms with van der Waals surface area (Å²) in [4.78, 5) is 26.5. The standard InChI is InChI=1S/C16H21FN2O2/c1-2-7-13-16(21)19(11-6-10-17)14(15(20)18-13)12-8-4-3-5-9-12/h3-5,8-9,13-14H,2,6-7,10-11H2,1H3,(H,18,20). The first kappa shape index (κ1) is 15.5. The molecule has 5 heteroatoms. The highest BCUT2D eigenvalue weighted by Crippen LogP contribution is 2.26. The van der Waals surface area contributed by atoms with Gasteiger partial charge < -0.3 is 10.2 Å². The second kappa shape index (κ2) is 7.20. The van der Waals surface area contributed by atoms with Crippen LogP contribution in [0.25, 0.3) is 0 Å². The minimum atomic E-state index is -0.654. The highest BCUT2D eigenvalue weighted by molar-refractivity contribution is 5.97. The van der Waals surface area contributed by atoms with Crippen molar-refractivity contribution in [2.24, 2.45) is 0 Å². The molecule has 1 aromatic carbocycles. The van der Waals surface area contributed by atoms with Gasteiger partial charge in [0.2, 0.25) is 11.8 Å². The van der Waals surface area contributed by atoms with Crippen LogP contribution >= 0.6 is 0 Å². The minimum absolute atomic E-state index is 0.112. The molecule has 1 N–H and O–H groups in total. The lowest BCUT2D eigenvalue weighted by Crippen LogP contribution is -2.59. The summed E-state index contributed by atoms with van der Waals surface area (Å²) in [6.45, 7) is 1.74. The van der Waals surface area contributed by atoms with Gasteiger partial charge in [0, 0.05) is 6.54 Å². The van der Waals surface area contributed by atoms with Gasteiger partial charge in [-0.05, 0) is 18.4 Å². The quantitative estimate of drug-likeness (QED) is 0.874. The summed E-state index contributed by atoms with van der Waals surface area (Å²) in [5.41, 5.74) is 0.761. The van der Waals surface area contributed by atoms with Crippen LogP contribution in [0.4, 0.5) is 4.39 Å². The van der Waals surface area contributed by atoms with Gasteiger partial charge in [-0.25, -0.2) is 0 Å². The minimum Gasteiger partial charge on any atom is -0.342 e. The molecule has 0 aromatic heterocycles. The average Bonchev–Trinajstić information content (AvgIpc) is 2.50. The summed E-state index contributed by atoms with van der Waals surface area (Å²) >= 11 is 0. The molecule has 1 fully saturated rings. The number of rotatable bonds is 6. The maximum atomic E-state index is 12.5.